The molecule has 1 atom stereocenters. The summed E-state index contributed by atoms with van der Waals surface area (Å²) in [7, 11) is 0. The van der Waals surface area contributed by atoms with Crippen LogP contribution >= 0.6 is 0 Å². The number of likely N-dealkylation sites (tertiary alicyclic amines) is 1. The number of hydrogen-bond acceptors (Lipinski definition) is 2. The van der Waals surface area contributed by atoms with Crippen LogP contribution in [0.4, 0.5) is 0 Å². The molecule has 1 aliphatic heterocycles. The highest BCUT2D eigenvalue weighted by Crippen LogP contribution is 2.35. The van der Waals surface area contributed by atoms with Gasteiger partial charge in [0.2, 0.25) is 5.91 Å². The molecule has 1 amide bonds. The standard InChI is InChI=1S/C12H19NO2/c1-9(14)13-7-2-3-10(6-8-13)12(15)11-4-5-11/h10-11H,2-8H2,1H3. The molecule has 2 fully saturated rings. The van der Waals surface area contributed by atoms with Crippen LogP contribution in [0.2, 0.25) is 0 Å². The molecule has 84 valence electrons. The number of hydrogen-bond donors (Lipinski definition) is 0. The minimum atomic E-state index is 0.148. The first-order valence-electron chi connectivity index (χ1n) is 5.97. The fourth-order valence-corrected chi connectivity index (χ4v) is 2.40. The van der Waals surface area contributed by atoms with E-state index in [0.29, 0.717) is 11.7 Å². The molecule has 0 aromatic carbocycles. The van der Waals surface area contributed by atoms with Gasteiger partial charge in [-0.15, -0.1) is 0 Å². The van der Waals surface area contributed by atoms with Crippen molar-refractivity contribution in [2.24, 2.45) is 11.8 Å². The lowest BCUT2D eigenvalue weighted by Crippen LogP contribution is -2.30. The zero-order chi connectivity index (χ0) is 10.8. The number of Topliss-reactive ketones (excluding diaryl/α,β-unsaturated/α-hetero) is 1. The molecule has 0 radical (unpaired) electrons. The monoisotopic (exact) mass is 209 g/mol. The van der Waals surface area contributed by atoms with Gasteiger partial charge in [-0.25, -0.2) is 0 Å². The Morgan fingerprint density at radius 3 is 2.27 bits per heavy atom. The third-order valence-electron chi connectivity index (χ3n) is 3.56. The van der Waals surface area contributed by atoms with Crippen LogP contribution in [-0.2, 0) is 9.59 Å². The molecule has 2 aliphatic rings. The van der Waals surface area contributed by atoms with E-state index in [1.165, 1.54) is 0 Å². The summed E-state index contributed by atoms with van der Waals surface area (Å²) in [5.41, 5.74) is 0. The van der Waals surface area contributed by atoms with Crippen molar-refractivity contribution in [1.82, 2.24) is 4.90 Å². The Bertz CT molecular complexity index is 271. The number of carbonyl (C=O) groups is 2. The predicted octanol–water partition coefficient (Wildman–Crippen LogP) is 1.61. The fourth-order valence-electron chi connectivity index (χ4n) is 2.40. The number of rotatable bonds is 2. The van der Waals surface area contributed by atoms with E-state index in [2.05, 4.69) is 0 Å². The molecule has 0 bridgehead atoms. The summed E-state index contributed by atoms with van der Waals surface area (Å²) >= 11 is 0. The van der Waals surface area contributed by atoms with Crippen LogP contribution in [0.5, 0.6) is 0 Å². The normalized spacial score (nSPS) is 27.3. The first-order valence-corrected chi connectivity index (χ1v) is 5.97. The largest absolute Gasteiger partial charge is 0.343 e. The third kappa shape index (κ3) is 2.58. The van der Waals surface area contributed by atoms with Crippen molar-refractivity contribution in [3.05, 3.63) is 0 Å². The SMILES string of the molecule is CC(=O)N1CCCC(C(=O)C2CC2)CC1. The van der Waals surface area contributed by atoms with Crippen LogP contribution in [0.3, 0.4) is 0 Å². The average Bonchev–Trinajstić information content (AvgIpc) is 3.04. The molecule has 1 saturated carbocycles. The highest BCUT2D eigenvalue weighted by atomic mass is 16.2. The van der Waals surface area contributed by atoms with Crippen molar-refractivity contribution in [3.8, 4) is 0 Å². The second kappa shape index (κ2) is 4.33. The summed E-state index contributed by atoms with van der Waals surface area (Å²) in [6, 6.07) is 0. The summed E-state index contributed by atoms with van der Waals surface area (Å²) in [6.07, 6.45) is 5.06. The van der Waals surface area contributed by atoms with Crippen LogP contribution < -0.4 is 0 Å². The molecule has 3 heteroatoms. The van der Waals surface area contributed by atoms with E-state index >= 15 is 0 Å². The maximum Gasteiger partial charge on any atom is 0.219 e. The lowest BCUT2D eigenvalue weighted by Gasteiger charge is -2.18. The molecule has 1 aliphatic carbocycles. The van der Waals surface area contributed by atoms with Crippen molar-refractivity contribution in [2.45, 2.75) is 39.0 Å². The Labute approximate surface area is 90.8 Å². The zero-order valence-corrected chi connectivity index (χ0v) is 9.37. The number of carbonyl (C=O) groups excluding carboxylic acids is 2. The van der Waals surface area contributed by atoms with E-state index in [0.717, 1.165) is 45.2 Å². The second-order valence-corrected chi connectivity index (χ2v) is 4.81. The van der Waals surface area contributed by atoms with Gasteiger partial charge in [0.25, 0.3) is 0 Å². The van der Waals surface area contributed by atoms with Crippen molar-refractivity contribution >= 4 is 11.7 Å². The van der Waals surface area contributed by atoms with E-state index < -0.39 is 0 Å². The fraction of sp³-hybridized carbons (Fsp3) is 0.833. The zero-order valence-electron chi connectivity index (χ0n) is 9.37. The maximum absolute atomic E-state index is 11.9. The Morgan fingerprint density at radius 2 is 1.67 bits per heavy atom. The van der Waals surface area contributed by atoms with Gasteiger partial charge in [0, 0.05) is 31.8 Å². The van der Waals surface area contributed by atoms with E-state index in [4.69, 9.17) is 0 Å². The molecule has 0 N–H and O–H groups in total. The van der Waals surface area contributed by atoms with Crippen LogP contribution in [0.25, 0.3) is 0 Å². The first-order chi connectivity index (χ1) is 7.18. The molecule has 15 heavy (non-hydrogen) atoms. The van der Waals surface area contributed by atoms with Gasteiger partial charge in [0.1, 0.15) is 5.78 Å². The van der Waals surface area contributed by atoms with Gasteiger partial charge in [-0.1, -0.05) is 0 Å². The van der Waals surface area contributed by atoms with Gasteiger partial charge < -0.3 is 4.90 Å². The van der Waals surface area contributed by atoms with Crippen LogP contribution in [-0.4, -0.2) is 29.7 Å². The minimum Gasteiger partial charge on any atom is -0.343 e. The number of amides is 1. The molecule has 2 rings (SSSR count). The average molecular weight is 209 g/mol. The Hall–Kier alpha value is -0.860. The molecule has 1 saturated heterocycles. The molecule has 0 aromatic heterocycles. The third-order valence-corrected chi connectivity index (χ3v) is 3.56. The molecular weight excluding hydrogens is 190 g/mol. The van der Waals surface area contributed by atoms with Crippen molar-refractivity contribution in [3.63, 3.8) is 0 Å². The smallest absolute Gasteiger partial charge is 0.219 e. The molecule has 0 aromatic rings. The summed E-state index contributed by atoms with van der Waals surface area (Å²) < 4.78 is 0. The highest BCUT2D eigenvalue weighted by molar-refractivity contribution is 5.85. The number of nitrogens with zero attached hydrogens (tertiary/aromatic N) is 1. The van der Waals surface area contributed by atoms with Gasteiger partial charge in [0.05, 0.1) is 0 Å². The Morgan fingerprint density at radius 1 is 1.00 bits per heavy atom. The van der Waals surface area contributed by atoms with Gasteiger partial charge in [0.15, 0.2) is 0 Å². The summed E-state index contributed by atoms with van der Waals surface area (Å²) in [5.74, 6) is 1.23. The molecule has 3 nitrogen and oxygen atoms in total. The van der Waals surface area contributed by atoms with Crippen molar-refractivity contribution < 1.29 is 9.59 Å². The lowest BCUT2D eigenvalue weighted by atomic mass is 9.93. The first kappa shape index (κ1) is 10.7. The van der Waals surface area contributed by atoms with Gasteiger partial charge in [-0.3, -0.25) is 9.59 Å². The van der Waals surface area contributed by atoms with E-state index in [-0.39, 0.29) is 11.8 Å². The van der Waals surface area contributed by atoms with Crippen LogP contribution in [0.1, 0.15) is 39.0 Å². The second-order valence-electron chi connectivity index (χ2n) is 4.81. The summed E-state index contributed by atoms with van der Waals surface area (Å²) in [5, 5.41) is 0. The number of ketones is 1. The molecular formula is C12H19NO2. The van der Waals surface area contributed by atoms with Crippen molar-refractivity contribution in [1.29, 1.82) is 0 Å². The summed E-state index contributed by atoms with van der Waals surface area (Å²) in [6.45, 7) is 3.23. The van der Waals surface area contributed by atoms with Crippen LogP contribution in [0, 0.1) is 11.8 Å². The van der Waals surface area contributed by atoms with Gasteiger partial charge in [-0.05, 0) is 32.1 Å². The van der Waals surface area contributed by atoms with E-state index in [1.807, 2.05) is 4.90 Å². The Balaban J connectivity index is 1.88. The topological polar surface area (TPSA) is 37.4 Å². The van der Waals surface area contributed by atoms with Gasteiger partial charge in [-0.2, -0.15) is 0 Å². The van der Waals surface area contributed by atoms with Crippen molar-refractivity contribution in [2.75, 3.05) is 13.1 Å². The summed E-state index contributed by atoms with van der Waals surface area (Å²) in [4.78, 5) is 25.0. The van der Waals surface area contributed by atoms with Crippen LogP contribution in [0.15, 0.2) is 0 Å². The molecule has 0 spiro atoms. The van der Waals surface area contributed by atoms with E-state index in [9.17, 15) is 9.59 Å². The molecule has 1 heterocycles. The predicted molar refractivity (Wildman–Crippen MR) is 57.3 cm³/mol. The van der Waals surface area contributed by atoms with Gasteiger partial charge >= 0.3 is 0 Å². The maximum atomic E-state index is 11.9. The molecule has 1 unspecified atom stereocenters. The highest BCUT2D eigenvalue weighted by Gasteiger charge is 2.35. The Kier molecular flexibility index (Phi) is 3.08. The quantitative estimate of drug-likeness (QED) is 0.693. The van der Waals surface area contributed by atoms with E-state index in [1.54, 1.807) is 6.92 Å². The minimum absolute atomic E-state index is 0.148. The lowest BCUT2D eigenvalue weighted by molar-refractivity contribution is -0.129.